The molecule has 6 nitrogen and oxygen atoms in total. The van der Waals surface area contributed by atoms with Crippen LogP contribution in [-0.2, 0) is 13.0 Å². The van der Waals surface area contributed by atoms with Crippen LogP contribution in [-0.4, -0.2) is 29.9 Å². The molecule has 0 radical (unpaired) electrons. The monoisotopic (exact) mass is 446 g/mol. The molecule has 0 saturated heterocycles. The van der Waals surface area contributed by atoms with E-state index >= 15 is 0 Å². The first-order valence-electron chi connectivity index (χ1n) is 9.25. The first-order valence-corrected chi connectivity index (χ1v) is 10.0. The Morgan fingerprint density at radius 2 is 1.70 bits per heavy atom. The van der Waals surface area contributed by atoms with Gasteiger partial charge in [0.1, 0.15) is 0 Å². The molecule has 8 heteroatoms. The Bertz CT molecular complexity index is 1180. The van der Waals surface area contributed by atoms with Crippen molar-refractivity contribution in [1.29, 1.82) is 0 Å². The van der Waals surface area contributed by atoms with Gasteiger partial charge in [-0.25, -0.2) is 4.79 Å². The van der Waals surface area contributed by atoms with Gasteiger partial charge >= 0.3 is 5.97 Å². The summed E-state index contributed by atoms with van der Waals surface area (Å²) in [6.07, 6.45) is 0.736. The highest BCUT2D eigenvalue weighted by Crippen LogP contribution is 2.46. The minimum absolute atomic E-state index is 0.192. The predicted octanol–water partition coefficient (Wildman–Crippen LogP) is 5.29. The van der Waals surface area contributed by atoms with E-state index in [4.69, 9.17) is 38.4 Å². The van der Waals surface area contributed by atoms with Crippen LogP contribution in [0.15, 0.2) is 24.3 Å². The van der Waals surface area contributed by atoms with Gasteiger partial charge in [-0.3, -0.25) is 0 Å². The lowest BCUT2D eigenvalue weighted by atomic mass is 9.93. The van der Waals surface area contributed by atoms with Crippen LogP contribution in [0, 0.1) is 6.92 Å². The summed E-state index contributed by atoms with van der Waals surface area (Å²) < 4.78 is 12.9. The zero-order valence-electron chi connectivity index (χ0n) is 16.7. The molecule has 1 aliphatic heterocycles. The van der Waals surface area contributed by atoms with E-state index in [1.54, 1.807) is 26.4 Å². The van der Waals surface area contributed by atoms with Gasteiger partial charge in [-0.1, -0.05) is 23.2 Å². The average molecular weight is 447 g/mol. The van der Waals surface area contributed by atoms with Crippen molar-refractivity contribution in [3.8, 4) is 33.9 Å². The van der Waals surface area contributed by atoms with Crippen molar-refractivity contribution >= 4 is 34.9 Å². The van der Waals surface area contributed by atoms with Crippen molar-refractivity contribution in [1.82, 2.24) is 4.57 Å². The number of hydrogen-bond donors (Lipinski definition) is 2. The van der Waals surface area contributed by atoms with Crippen molar-refractivity contribution in [2.24, 2.45) is 0 Å². The molecular weight excluding hydrogens is 427 g/mol. The number of rotatable bonds is 4. The number of aromatic nitrogens is 1. The van der Waals surface area contributed by atoms with E-state index in [1.165, 1.54) is 0 Å². The molecule has 1 aliphatic rings. The van der Waals surface area contributed by atoms with Gasteiger partial charge in [-0.05, 0) is 48.7 Å². The van der Waals surface area contributed by atoms with Crippen molar-refractivity contribution in [2.75, 3.05) is 20.0 Å². The van der Waals surface area contributed by atoms with Gasteiger partial charge < -0.3 is 24.9 Å². The maximum atomic E-state index is 12.4. The Labute approximate surface area is 183 Å². The average Bonchev–Trinajstić information content (AvgIpc) is 3.03. The number of nitrogens with two attached hydrogens (primary N) is 1. The second kappa shape index (κ2) is 7.45. The minimum atomic E-state index is -1.03. The molecule has 0 amide bonds. The lowest BCUT2D eigenvalue weighted by Gasteiger charge is -2.23. The van der Waals surface area contributed by atoms with E-state index in [-0.39, 0.29) is 21.3 Å². The summed E-state index contributed by atoms with van der Waals surface area (Å²) in [7, 11) is 3.13. The van der Waals surface area contributed by atoms with Gasteiger partial charge in [-0.2, -0.15) is 0 Å². The van der Waals surface area contributed by atoms with Crippen LogP contribution < -0.4 is 15.2 Å². The molecule has 156 valence electrons. The SMILES string of the molecule is COc1cc2c(cc1OC)-c1c(C(=O)O)c(-c3cc(Cl)c(N)c(Cl)c3)c(C)n1CC2. The summed E-state index contributed by atoms with van der Waals surface area (Å²) in [6, 6.07) is 7.04. The standard InChI is InChI=1S/C22H20Cl2N2O4/c1-10-18(12-6-14(23)20(25)15(24)7-12)19(22(27)28)21-13-9-17(30-3)16(29-2)8-11(13)4-5-26(10)21/h6-9H,4-5,25H2,1-3H3,(H,27,28). The van der Waals surface area contributed by atoms with Gasteiger partial charge in [0.05, 0.1) is 41.2 Å². The number of nitrogen functional groups attached to an aromatic ring is 1. The lowest BCUT2D eigenvalue weighted by molar-refractivity contribution is 0.0698. The number of benzene rings is 2. The van der Waals surface area contributed by atoms with Crippen LogP contribution >= 0.6 is 23.2 Å². The molecule has 0 bridgehead atoms. The number of aryl methyl sites for hydroxylation is 1. The Hall–Kier alpha value is -2.83. The zero-order valence-corrected chi connectivity index (χ0v) is 18.2. The van der Waals surface area contributed by atoms with E-state index < -0.39 is 5.97 Å². The van der Waals surface area contributed by atoms with Crippen LogP contribution in [0.2, 0.25) is 10.0 Å². The van der Waals surface area contributed by atoms with Gasteiger partial charge in [-0.15, -0.1) is 0 Å². The van der Waals surface area contributed by atoms with Crippen molar-refractivity contribution in [3.63, 3.8) is 0 Å². The second-order valence-electron chi connectivity index (χ2n) is 7.11. The number of nitrogens with zero attached hydrogens (tertiary/aromatic N) is 1. The Balaban J connectivity index is 2.06. The number of carbonyl (C=O) groups is 1. The molecule has 0 saturated carbocycles. The third-order valence-corrected chi connectivity index (χ3v) is 6.20. The Morgan fingerprint density at radius 3 is 2.27 bits per heavy atom. The fourth-order valence-corrected chi connectivity index (χ4v) is 4.65. The van der Waals surface area contributed by atoms with Crippen LogP contribution in [0.5, 0.6) is 11.5 Å². The largest absolute Gasteiger partial charge is 0.493 e. The highest BCUT2D eigenvalue weighted by molar-refractivity contribution is 6.39. The maximum Gasteiger partial charge on any atom is 0.338 e. The number of anilines is 1. The molecule has 0 spiro atoms. The maximum absolute atomic E-state index is 12.4. The molecule has 0 aliphatic carbocycles. The van der Waals surface area contributed by atoms with Crippen LogP contribution in [0.3, 0.4) is 0 Å². The number of halogens is 2. The number of aromatic carboxylic acids is 1. The first kappa shape index (κ1) is 20.4. The number of carboxylic acid groups (broad SMARTS) is 1. The third-order valence-electron chi connectivity index (χ3n) is 5.57. The van der Waals surface area contributed by atoms with E-state index in [0.29, 0.717) is 34.9 Å². The fourth-order valence-electron chi connectivity index (χ4n) is 4.17. The van der Waals surface area contributed by atoms with Gasteiger partial charge in [0.25, 0.3) is 0 Å². The van der Waals surface area contributed by atoms with Crippen LogP contribution in [0.1, 0.15) is 21.6 Å². The van der Waals surface area contributed by atoms with E-state index in [2.05, 4.69) is 0 Å². The summed E-state index contributed by atoms with van der Waals surface area (Å²) in [5.74, 6) is 0.121. The van der Waals surface area contributed by atoms with Crippen LogP contribution in [0.25, 0.3) is 22.4 Å². The smallest absolute Gasteiger partial charge is 0.338 e. The van der Waals surface area contributed by atoms with Crippen LogP contribution in [0.4, 0.5) is 5.69 Å². The van der Waals surface area contributed by atoms with Crippen molar-refractivity contribution < 1.29 is 19.4 Å². The molecule has 2 heterocycles. The number of hydrogen-bond acceptors (Lipinski definition) is 4. The highest BCUT2D eigenvalue weighted by Gasteiger charge is 2.31. The summed E-state index contributed by atoms with van der Waals surface area (Å²) >= 11 is 12.5. The normalized spacial score (nSPS) is 12.3. The number of ether oxygens (including phenoxy) is 2. The van der Waals surface area contributed by atoms with Gasteiger partial charge in [0.15, 0.2) is 11.5 Å². The molecule has 3 N–H and O–H groups in total. The molecular formula is C22H20Cl2N2O4. The van der Waals surface area contributed by atoms with Crippen molar-refractivity contribution in [3.05, 3.63) is 51.1 Å². The molecule has 0 unspecified atom stereocenters. The molecule has 0 atom stereocenters. The van der Waals surface area contributed by atoms with Gasteiger partial charge in [0.2, 0.25) is 0 Å². The second-order valence-corrected chi connectivity index (χ2v) is 7.92. The predicted molar refractivity (Wildman–Crippen MR) is 118 cm³/mol. The molecule has 3 aromatic rings. The van der Waals surface area contributed by atoms with E-state index in [9.17, 15) is 9.90 Å². The third kappa shape index (κ3) is 2.99. The zero-order chi connectivity index (χ0) is 21.7. The Morgan fingerprint density at radius 1 is 1.10 bits per heavy atom. The lowest BCUT2D eigenvalue weighted by Crippen LogP contribution is -2.14. The summed E-state index contributed by atoms with van der Waals surface area (Å²) in [5, 5.41) is 10.7. The topological polar surface area (TPSA) is 86.7 Å². The summed E-state index contributed by atoms with van der Waals surface area (Å²) in [6.45, 7) is 2.54. The summed E-state index contributed by atoms with van der Waals surface area (Å²) in [4.78, 5) is 12.4. The quantitative estimate of drug-likeness (QED) is 0.531. The minimum Gasteiger partial charge on any atom is -0.493 e. The molecule has 2 aromatic carbocycles. The molecule has 4 rings (SSSR count). The molecule has 1 aromatic heterocycles. The van der Waals surface area contributed by atoms with Crippen molar-refractivity contribution in [2.45, 2.75) is 19.9 Å². The Kier molecular flexibility index (Phi) is 5.08. The molecule has 30 heavy (non-hydrogen) atoms. The highest BCUT2D eigenvalue weighted by atomic mass is 35.5. The van der Waals surface area contributed by atoms with Gasteiger partial charge in [0, 0.05) is 23.4 Å². The first-order chi connectivity index (χ1) is 14.3. The van der Waals surface area contributed by atoms with E-state index in [1.807, 2.05) is 23.6 Å². The summed E-state index contributed by atoms with van der Waals surface area (Å²) in [5.41, 5.74) is 10.8. The molecule has 0 fully saturated rings. The van der Waals surface area contributed by atoms with E-state index in [0.717, 1.165) is 23.2 Å². The number of fused-ring (bicyclic) bond motifs is 3. The number of carboxylic acids is 1. The number of methoxy groups -OCH3 is 2. The fraction of sp³-hybridized carbons (Fsp3) is 0.227.